The molecule has 15 heavy (non-hydrogen) atoms. The lowest BCUT2D eigenvalue weighted by Gasteiger charge is -2.25. The number of carbonyl (C=O) groups excluding carboxylic acids is 2. The summed E-state index contributed by atoms with van der Waals surface area (Å²) in [6.45, 7) is 7.31. The number of hydrogen-bond acceptors (Lipinski definition) is 3. The summed E-state index contributed by atoms with van der Waals surface area (Å²) in [5.41, 5.74) is -1.11. The van der Waals surface area contributed by atoms with E-state index in [9.17, 15) is 9.59 Å². The highest BCUT2D eigenvalue weighted by Crippen LogP contribution is 2.15. The van der Waals surface area contributed by atoms with E-state index in [-0.39, 0.29) is 11.8 Å². The molecule has 1 amide bonds. The molecule has 0 aliphatic rings. The number of likely N-dealkylation sites (N-methyl/N-ethyl adjacent to an activating group) is 1. The summed E-state index contributed by atoms with van der Waals surface area (Å²) >= 11 is 5.26. The first kappa shape index (κ1) is 16.7. The highest BCUT2D eigenvalue weighted by atomic mass is 35.5. The van der Waals surface area contributed by atoms with Crippen LogP contribution in [0.4, 0.5) is 0 Å². The van der Waals surface area contributed by atoms with E-state index in [2.05, 4.69) is 5.32 Å². The van der Waals surface area contributed by atoms with Gasteiger partial charge in [-0.15, -0.1) is 11.6 Å². The molecular weight excluding hydrogens is 218 g/mol. The van der Waals surface area contributed by atoms with Crippen LogP contribution in [0.2, 0.25) is 0 Å². The lowest BCUT2D eigenvalue weighted by molar-refractivity contribution is -0.164. The van der Waals surface area contributed by atoms with Crippen LogP contribution >= 0.6 is 11.6 Å². The Morgan fingerprint density at radius 1 is 1.40 bits per heavy atom. The molecule has 0 aromatic carbocycles. The van der Waals surface area contributed by atoms with Gasteiger partial charge in [0.25, 0.3) is 5.91 Å². The first-order valence-electron chi connectivity index (χ1n) is 5.00. The molecule has 0 heterocycles. The summed E-state index contributed by atoms with van der Waals surface area (Å²) in [7, 11) is 1.49. The Morgan fingerprint density at radius 3 is 2.13 bits per heavy atom. The van der Waals surface area contributed by atoms with Gasteiger partial charge < -0.3 is 10.1 Å². The number of carbonyl (C=O) groups is 2. The summed E-state index contributed by atoms with van der Waals surface area (Å²) < 4.78 is 4.91. The van der Waals surface area contributed by atoms with E-state index in [0.29, 0.717) is 6.42 Å². The number of esters is 1. The first-order chi connectivity index (χ1) is 7.00. The smallest absolute Gasteiger partial charge is 0.321 e. The van der Waals surface area contributed by atoms with Gasteiger partial charge in [0.1, 0.15) is 5.88 Å². The Labute approximate surface area is 96.3 Å². The second kappa shape index (κ2) is 8.53. The highest BCUT2D eigenvalue weighted by molar-refractivity contribution is 6.26. The van der Waals surface area contributed by atoms with E-state index in [1.54, 1.807) is 13.8 Å². The summed E-state index contributed by atoms with van der Waals surface area (Å²) in [5, 5.41) is 2.43. The van der Waals surface area contributed by atoms with Crippen LogP contribution in [0.25, 0.3) is 0 Å². The minimum atomic E-state index is -1.11. The van der Waals surface area contributed by atoms with Crippen LogP contribution in [0.5, 0.6) is 0 Å². The monoisotopic (exact) mass is 237 g/mol. The van der Waals surface area contributed by atoms with E-state index >= 15 is 0 Å². The van der Waals surface area contributed by atoms with Gasteiger partial charge in [-0.2, -0.15) is 0 Å². The minimum absolute atomic E-state index is 0.243. The zero-order chi connectivity index (χ0) is 12.5. The van der Waals surface area contributed by atoms with Gasteiger partial charge >= 0.3 is 5.97 Å². The van der Waals surface area contributed by atoms with E-state index in [4.69, 9.17) is 16.3 Å². The third-order valence-electron chi connectivity index (χ3n) is 1.83. The van der Waals surface area contributed by atoms with Crippen LogP contribution in [0.3, 0.4) is 0 Å². The van der Waals surface area contributed by atoms with E-state index in [1.165, 1.54) is 7.05 Å². The van der Waals surface area contributed by atoms with Crippen LogP contribution in [0.1, 0.15) is 34.1 Å². The first-order valence-corrected chi connectivity index (χ1v) is 5.53. The Balaban J connectivity index is 0. The van der Waals surface area contributed by atoms with Crippen LogP contribution < -0.4 is 5.32 Å². The maximum Gasteiger partial charge on any atom is 0.321 e. The van der Waals surface area contributed by atoms with Crippen molar-refractivity contribution in [2.45, 2.75) is 39.7 Å². The molecule has 5 heteroatoms. The largest absolute Gasteiger partial charge is 0.448 e. The molecule has 0 saturated heterocycles. The quantitative estimate of drug-likeness (QED) is 0.598. The summed E-state index contributed by atoms with van der Waals surface area (Å²) in [6.07, 6.45) is 0.412. The lowest BCUT2D eigenvalue weighted by Crippen LogP contribution is -2.46. The van der Waals surface area contributed by atoms with Gasteiger partial charge in [-0.25, -0.2) is 0 Å². The maximum atomic E-state index is 11.3. The summed E-state index contributed by atoms with van der Waals surface area (Å²) in [6, 6.07) is 0. The van der Waals surface area contributed by atoms with Crippen molar-refractivity contribution in [2.75, 3.05) is 12.9 Å². The molecule has 0 spiro atoms. The van der Waals surface area contributed by atoms with Crippen molar-refractivity contribution in [1.82, 2.24) is 5.32 Å². The van der Waals surface area contributed by atoms with Crippen LogP contribution in [0.15, 0.2) is 0 Å². The second-order valence-corrected chi connectivity index (χ2v) is 3.04. The Bertz CT molecular complexity index is 209. The average Bonchev–Trinajstić information content (AvgIpc) is 2.30. The average molecular weight is 238 g/mol. The fourth-order valence-corrected chi connectivity index (χ4v) is 0.877. The van der Waals surface area contributed by atoms with Crippen LogP contribution in [-0.2, 0) is 14.3 Å². The van der Waals surface area contributed by atoms with E-state index < -0.39 is 11.6 Å². The summed E-state index contributed by atoms with van der Waals surface area (Å²) in [4.78, 5) is 22.2. The van der Waals surface area contributed by atoms with Crippen molar-refractivity contribution in [3.05, 3.63) is 0 Å². The lowest BCUT2D eigenvalue weighted by atomic mass is 10.0. The Hall–Kier alpha value is -0.770. The predicted octanol–water partition coefficient (Wildman–Crippen LogP) is 1.71. The van der Waals surface area contributed by atoms with Gasteiger partial charge in [0, 0.05) is 7.05 Å². The molecule has 0 radical (unpaired) electrons. The molecule has 1 N–H and O–H groups in total. The topological polar surface area (TPSA) is 55.4 Å². The third kappa shape index (κ3) is 5.62. The van der Waals surface area contributed by atoms with Crippen LogP contribution in [-0.4, -0.2) is 30.4 Å². The minimum Gasteiger partial charge on any atom is -0.448 e. The SMILES string of the molecule is CC.CC[C@](C)(OC(=O)CCl)C(=O)NC. The molecule has 0 aliphatic carbocycles. The molecule has 0 saturated carbocycles. The molecule has 4 nitrogen and oxygen atoms in total. The van der Waals surface area contributed by atoms with Crippen molar-refractivity contribution < 1.29 is 14.3 Å². The standard InChI is InChI=1S/C8H14ClNO3.C2H6/c1-4-8(2,7(12)10-3)13-6(11)5-9;1-2/h4-5H2,1-3H3,(H,10,12);1-2H3/t8-;/m0./s1. The number of ether oxygens (including phenoxy) is 1. The van der Waals surface area contributed by atoms with Crippen LogP contribution in [0, 0.1) is 0 Å². The molecule has 0 rings (SSSR count). The second-order valence-electron chi connectivity index (χ2n) is 2.77. The third-order valence-corrected chi connectivity index (χ3v) is 2.05. The maximum absolute atomic E-state index is 11.3. The van der Waals surface area contributed by atoms with Gasteiger partial charge in [0.05, 0.1) is 0 Å². The van der Waals surface area contributed by atoms with Crippen molar-refractivity contribution >= 4 is 23.5 Å². The predicted molar refractivity (Wildman–Crippen MR) is 60.9 cm³/mol. The molecule has 90 valence electrons. The molecule has 0 aromatic heterocycles. The summed E-state index contributed by atoms with van der Waals surface area (Å²) in [5.74, 6) is -1.16. The number of amides is 1. The molecule has 0 aromatic rings. The Morgan fingerprint density at radius 2 is 1.87 bits per heavy atom. The number of alkyl halides is 1. The molecule has 0 fully saturated rings. The van der Waals surface area contributed by atoms with Gasteiger partial charge in [-0.3, -0.25) is 9.59 Å². The zero-order valence-electron chi connectivity index (χ0n) is 10.0. The van der Waals surface area contributed by atoms with Crippen molar-refractivity contribution in [3.63, 3.8) is 0 Å². The number of nitrogens with one attached hydrogen (secondary N) is 1. The molecule has 0 aliphatic heterocycles. The molecular formula is C10H20ClNO3. The molecule has 0 unspecified atom stereocenters. The van der Waals surface area contributed by atoms with E-state index in [0.717, 1.165) is 0 Å². The Kier molecular flexibility index (Phi) is 9.47. The number of halogens is 1. The highest BCUT2D eigenvalue weighted by Gasteiger charge is 2.34. The number of rotatable bonds is 4. The molecule has 0 bridgehead atoms. The normalized spacial score (nSPS) is 12.9. The van der Waals surface area contributed by atoms with Gasteiger partial charge in [0.15, 0.2) is 5.60 Å². The van der Waals surface area contributed by atoms with Gasteiger partial charge in [-0.1, -0.05) is 20.8 Å². The zero-order valence-corrected chi connectivity index (χ0v) is 10.8. The fourth-order valence-electron chi connectivity index (χ4n) is 0.822. The molecule has 1 atom stereocenters. The fraction of sp³-hybridized carbons (Fsp3) is 0.800. The van der Waals surface area contributed by atoms with Gasteiger partial charge in [0.2, 0.25) is 0 Å². The number of hydrogen-bond donors (Lipinski definition) is 1. The van der Waals surface area contributed by atoms with Crippen molar-refractivity contribution in [3.8, 4) is 0 Å². The van der Waals surface area contributed by atoms with Crippen molar-refractivity contribution in [2.24, 2.45) is 0 Å². The van der Waals surface area contributed by atoms with Gasteiger partial charge in [-0.05, 0) is 13.3 Å². The van der Waals surface area contributed by atoms with E-state index in [1.807, 2.05) is 13.8 Å². The van der Waals surface area contributed by atoms with Crippen molar-refractivity contribution in [1.29, 1.82) is 0 Å².